The van der Waals surface area contributed by atoms with E-state index in [2.05, 4.69) is 22.2 Å². The van der Waals surface area contributed by atoms with Crippen LogP contribution in [0.1, 0.15) is 143 Å². The molecule has 0 amide bonds. The van der Waals surface area contributed by atoms with Crippen LogP contribution in [0.2, 0.25) is 0 Å². The summed E-state index contributed by atoms with van der Waals surface area (Å²) >= 11 is 0.420. The van der Waals surface area contributed by atoms with Crippen molar-refractivity contribution in [2.75, 3.05) is 26.4 Å². The number of carbonyl (C=O) groups excluding carboxylic acids is 2. The fraction of sp³-hybridized carbons (Fsp3) is 0.929. The van der Waals surface area contributed by atoms with Gasteiger partial charge in [-0.3, -0.25) is 9.59 Å². The van der Waals surface area contributed by atoms with Crippen molar-refractivity contribution in [1.29, 1.82) is 0 Å². The Labute approximate surface area is 221 Å². The molecule has 0 unspecified atom stereocenters. The average Bonchev–Trinajstić information content (AvgIpc) is 2.87. The molecule has 0 atom stereocenters. The van der Waals surface area contributed by atoms with Crippen LogP contribution in [0.5, 0.6) is 0 Å². The van der Waals surface area contributed by atoms with Gasteiger partial charge >= 0.3 is 11.9 Å². The zero-order valence-corrected chi connectivity index (χ0v) is 24.2. The second-order valence-corrected chi connectivity index (χ2v) is 9.33. The van der Waals surface area contributed by atoms with Crippen LogP contribution in [0.4, 0.5) is 0 Å². The molecule has 0 radical (unpaired) electrons. The summed E-state index contributed by atoms with van der Waals surface area (Å²) in [5.41, 5.74) is 0. The molecule has 0 fully saturated rings. The monoisotopic (exact) mass is 520 g/mol. The van der Waals surface area contributed by atoms with Crippen molar-refractivity contribution in [3.63, 3.8) is 0 Å². The zero-order chi connectivity index (χ0) is 26.2. The largest absolute Gasteiger partial charge is 0.379 e. The summed E-state index contributed by atoms with van der Waals surface area (Å²) in [5.74, 6) is -0.808. The summed E-state index contributed by atoms with van der Waals surface area (Å²) in [6.45, 7) is 11.2. The van der Waals surface area contributed by atoms with E-state index < -0.39 is 11.9 Å². The van der Waals surface area contributed by atoms with Crippen molar-refractivity contribution in [2.45, 2.75) is 143 Å². The Hall–Kier alpha value is -0.790. The Bertz CT molecular complexity index is 396. The third kappa shape index (κ3) is 35.4. The first-order valence-corrected chi connectivity index (χ1v) is 15.0. The number of rotatable bonds is 25. The Morgan fingerprint density at radius 3 is 1.09 bits per heavy atom. The van der Waals surface area contributed by atoms with Crippen LogP contribution in [0, 0.1) is 0 Å². The molecule has 0 aliphatic carbocycles. The molecule has 0 heterocycles. The number of hydrogen-bond donors (Lipinski definition) is 0. The predicted molar refractivity (Wildman–Crippen MR) is 147 cm³/mol. The molecule has 0 N–H and O–H groups in total. The quantitative estimate of drug-likeness (QED) is 0.0880. The molecule has 0 aromatic carbocycles. The van der Waals surface area contributed by atoms with Crippen LogP contribution >= 0.6 is 12.3 Å². The maximum Gasteiger partial charge on any atom is 0.320 e. The van der Waals surface area contributed by atoms with E-state index in [9.17, 15) is 9.59 Å². The summed E-state index contributed by atoms with van der Waals surface area (Å²) in [6.07, 6.45) is 22.4. The van der Waals surface area contributed by atoms with Crippen LogP contribution in [0.25, 0.3) is 0 Å². The number of unbranched alkanes of at least 4 members (excludes halogenated alkanes) is 14. The number of hydrogen-bond acceptors (Lipinski definition) is 7. The molecule has 0 bridgehead atoms. The Morgan fingerprint density at radius 2 is 0.771 bits per heavy atom. The van der Waals surface area contributed by atoms with Gasteiger partial charge < -0.3 is 17.8 Å². The second kappa shape index (κ2) is 33.2. The van der Waals surface area contributed by atoms with Crippen molar-refractivity contribution < 1.29 is 27.4 Å². The molecule has 0 aromatic heterocycles. The highest BCUT2D eigenvalue weighted by atomic mass is 32.2. The summed E-state index contributed by atoms with van der Waals surface area (Å²) < 4.78 is 20.1. The van der Waals surface area contributed by atoms with Gasteiger partial charge in [-0.1, -0.05) is 118 Å². The Kier molecular flexibility index (Phi) is 34.5. The van der Waals surface area contributed by atoms with Crippen molar-refractivity contribution in [3.8, 4) is 0 Å². The van der Waals surface area contributed by atoms with E-state index in [1.54, 1.807) is 13.8 Å². The maximum atomic E-state index is 10.4. The third-order valence-electron chi connectivity index (χ3n) is 5.49. The fourth-order valence-electron chi connectivity index (χ4n) is 3.21. The summed E-state index contributed by atoms with van der Waals surface area (Å²) in [7, 11) is 0. The van der Waals surface area contributed by atoms with Gasteiger partial charge in [0.25, 0.3) is 12.3 Å². The molecule has 35 heavy (non-hydrogen) atoms. The molecule has 0 aromatic rings. The zero-order valence-electron chi connectivity index (χ0n) is 23.4. The molecule has 0 rings (SSSR count). The topological polar surface area (TPSA) is 71.1 Å². The van der Waals surface area contributed by atoms with Crippen LogP contribution in [-0.4, -0.2) is 38.4 Å². The predicted octanol–water partition coefficient (Wildman–Crippen LogP) is 8.76. The van der Waals surface area contributed by atoms with Crippen molar-refractivity contribution in [1.82, 2.24) is 0 Å². The summed E-state index contributed by atoms with van der Waals surface area (Å²) in [4.78, 5) is 20.9. The lowest BCUT2D eigenvalue weighted by atomic mass is 10.1. The van der Waals surface area contributed by atoms with E-state index in [0.29, 0.717) is 12.3 Å². The molecule has 210 valence electrons. The van der Waals surface area contributed by atoms with Crippen LogP contribution in [0.3, 0.4) is 0 Å². The minimum Gasteiger partial charge on any atom is -0.379 e. The average molecular weight is 521 g/mol. The second-order valence-electron chi connectivity index (χ2n) is 8.86. The summed E-state index contributed by atoms with van der Waals surface area (Å²) in [5, 5.41) is 0. The number of ether oxygens (including phenoxy) is 2. The van der Waals surface area contributed by atoms with Gasteiger partial charge in [0.15, 0.2) is 0 Å². The van der Waals surface area contributed by atoms with Crippen molar-refractivity contribution in [2.24, 2.45) is 0 Å². The van der Waals surface area contributed by atoms with Gasteiger partial charge in [0.2, 0.25) is 0 Å². The van der Waals surface area contributed by atoms with Gasteiger partial charge in [-0.05, 0) is 12.8 Å². The molecule has 6 nitrogen and oxygen atoms in total. The molecule has 0 saturated heterocycles. The molecule has 7 heteroatoms. The molecule has 0 saturated carbocycles. The maximum absolute atomic E-state index is 10.4. The normalized spacial score (nSPS) is 10.5. The molecule has 0 spiro atoms. The molecular weight excluding hydrogens is 464 g/mol. The first-order valence-electron chi connectivity index (χ1n) is 14.3. The van der Waals surface area contributed by atoms with Crippen LogP contribution in [-0.2, 0) is 27.4 Å². The first-order chi connectivity index (χ1) is 17.1. The van der Waals surface area contributed by atoms with Gasteiger partial charge in [-0.2, -0.15) is 0 Å². The highest BCUT2D eigenvalue weighted by molar-refractivity contribution is 7.90. The highest BCUT2D eigenvalue weighted by Gasteiger charge is 2.03. The van der Waals surface area contributed by atoms with Crippen LogP contribution in [0.15, 0.2) is 0 Å². The van der Waals surface area contributed by atoms with E-state index in [1.165, 1.54) is 103 Å². The standard InChI is InChI=1S/C22H46O2.C6H10O4S/c1-3-5-7-9-11-13-15-17-19-23-21-22-24-20-18-16-14-12-10-8-6-4-2;1-3-5(7)9-11-10-6(8)4-2/h3-22H2,1-2H3;3-4H2,1-2H3. The van der Waals surface area contributed by atoms with Crippen molar-refractivity contribution in [3.05, 3.63) is 0 Å². The highest BCUT2D eigenvalue weighted by Crippen LogP contribution is 2.10. The SMILES string of the molecule is CCC(=O)OSOC(=O)CC.CCCCCCCCCCOCCOCCCCCCCCCC. The minimum atomic E-state index is -0.404. The minimum absolute atomic E-state index is 0.274. The lowest BCUT2D eigenvalue weighted by Gasteiger charge is -2.06. The first kappa shape index (κ1) is 36.4. The van der Waals surface area contributed by atoms with Gasteiger partial charge in [0.1, 0.15) is 0 Å². The molecule has 0 aliphatic rings. The molecule has 0 aliphatic heterocycles. The molecular formula is C28H56O6S. The lowest BCUT2D eigenvalue weighted by Crippen LogP contribution is -2.06. The van der Waals surface area contributed by atoms with E-state index >= 15 is 0 Å². The van der Waals surface area contributed by atoms with E-state index in [1.807, 2.05) is 0 Å². The summed E-state index contributed by atoms with van der Waals surface area (Å²) in [6, 6.07) is 0. The van der Waals surface area contributed by atoms with E-state index in [-0.39, 0.29) is 12.8 Å². The smallest absolute Gasteiger partial charge is 0.320 e. The number of carbonyl (C=O) groups is 2. The van der Waals surface area contributed by atoms with Crippen molar-refractivity contribution >= 4 is 24.3 Å². The van der Waals surface area contributed by atoms with E-state index in [0.717, 1.165) is 26.4 Å². The van der Waals surface area contributed by atoms with Gasteiger partial charge in [0.05, 0.1) is 13.2 Å². The van der Waals surface area contributed by atoms with Crippen LogP contribution < -0.4 is 0 Å². The van der Waals surface area contributed by atoms with Gasteiger partial charge in [0, 0.05) is 26.1 Å². The Morgan fingerprint density at radius 1 is 0.457 bits per heavy atom. The lowest BCUT2D eigenvalue weighted by molar-refractivity contribution is -0.135. The van der Waals surface area contributed by atoms with E-state index in [4.69, 9.17) is 9.47 Å². The fourth-order valence-corrected chi connectivity index (χ4v) is 3.63. The third-order valence-corrected chi connectivity index (χ3v) is 6.00. The Balaban J connectivity index is 0. The van der Waals surface area contributed by atoms with Gasteiger partial charge in [-0.15, -0.1) is 0 Å². The van der Waals surface area contributed by atoms with Gasteiger partial charge in [-0.25, -0.2) is 0 Å².